The highest BCUT2D eigenvalue weighted by Crippen LogP contribution is 2.27. The van der Waals surface area contributed by atoms with Crippen LogP contribution in [0.25, 0.3) is 0 Å². The van der Waals surface area contributed by atoms with Crippen molar-refractivity contribution in [2.45, 2.75) is 51.9 Å². The van der Waals surface area contributed by atoms with Crippen LogP contribution in [0.15, 0.2) is 42.6 Å². The molecule has 2 rings (SSSR count). The van der Waals surface area contributed by atoms with Crippen molar-refractivity contribution in [3.05, 3.63) is 53.9 Å². The monoisotopic (exact) mass is 430 g/mol. The topological polar surface area (TPSA) is 107 Å². The van der Waals surface area contributed by atoms with Gasteiger partial charge >= 0.3 is 5.97 Å². The van der Waals surface area contributed by atoms with Gasteiger partial charge in [-0.2, -0.15) is 0 Å². The zero-order chi connectivity index (χ0) is 22.8. The average molecular weight is 431 g/mol. The first-order valence-electron chi connectivity index (χ1n) is 10.3. The SMILES string of the molecule is CCCO[C@@H](C)[C@@H](Cc1ccccc1)OC(=O)[C@H](C)NC(=O)c1nccc(OC)c1O. The van der Waals surface area contributed by atoms with Gasteiger partial charge in [0.1, 0.15) is 12.1 Å². The normalized spacial score (nSPS) is 13.7. The van der Waals surface area contributed by atoms with E-state index < -0.39 is 29.8 Å². The quantitative estimate of drug-likeness (QED) is 0.528. The molecule has 0 radical (unpaired) electrons. The second kappa shape index (κ2) is 11.9. The molecule has 0 bridgehead atoms. The van der Waals surface area contributed by atoms with Gasteiger partial charge in [0, 0.05) is 25.3 Å². The number of pyridine rings is 1. The molecule has 0 aliphatic carbocycles. The number of carbonyl (C=O) groups is 2. The van der Waals surface area contributed by atoms with Crippen molar-refractivity contribution in [2.75, 3.05) is 13.7 Å². The third-order valence-corrected chi connectivity index (χ3v) is 4.68. The highest BCUT2D eigenvalue weighted by molar-refractivity contribution is 5.97. The lowest BCUT2D eigenvalue weighted by Gasteiger charge is -2.26. The standard InChI is InChI=1S/C23H30N2O6/c1-5-13-30-16(3)19(14-17-9-7-6-8-10-17)31-23(28)15(2)25-22(27)20-21(26)18(29-4)11-12-24-20/h6-12,15-16,19,26H,5,13-14H2,1-4H3,(H,25,27)/t15-,16-,19+/m0/s1. The van der Waals surface area contributed by atoms with Crippen molar-refractivity contribution in [3.8, 4) is 11.5 Å². The molecule has 168 valence electrons. The van der Waals surface area contributed by atoms with Crippen LogP contribution in [0.1, 0.15) is 43.2 Å². The third-order valence-electron chi connectivity index (χ3n) is 4.68. The summed E-state index contributed by atoms with van der Waals surface area (Å²) in [6.07, 6.45) is 1.82. The van der Waals surface area contributed by atoms with Gasteiger partial charge in [-0.3, -0.25) is 4.79 Å². The number of carbonyl (C=O) groups excluding carboxylic acids is 2. The minimum Gasteiger partial charge on any atom is -0.503 e. The van der Waals surface area contributed by atoms with E-state index in [1.54, 1.807) is 0 Å². The fourth-order valence-electron chi connectivity index (χ4n) is 2.90. The fourth-order valence-corrected chi connectivity index (χ4v) is 2.90. The molecular formula is C23H30N2O6. The molecule has 0 aliphatic heterocycles. The van der Waals surface area contributed by atoms with Crippen molar-refractivity contribution >= 4 is 11.9 Å². The molecule has 0 saturated carbocycles. The first kappa shape index (κ1) is 24.1. The van der Waals surface area contributed by atoms with Crippen molar-refractivity contribution in [3.63, 3.8) is 0 Å². The Kier molecular flexibility index (Phi) is 9.27. The highest BCUT2D eigenvalue weighted by atomic mass is 16.6. The first-order valence-corrected chi connectivity index (χ1v) is 10.3. The van der Waals surface area contributed by atoms with Crippen LogP contribution in [-0.4, -0.2) is 53.9 Å². The Labute approximate surface area is 182 Å². The summed E-state index contributed by atoms with van der Waals surface area (Å²) in [6.45, 7) is 5.92. The summed E-state index contributed by atoms with van der Waals surface area (Å²) in [7, 11) is 1.37. The van der Waals surface area contributed by atoms with Crippen LogP contribution in [0.3, 0.4) is 0 Å². The summed E-state index contributed by atoms with van der Waals surface area (Å²) in [5, 5.41) is 12.6. The fraction of sp³-hybridized carbons (Fsp3) is 0.435. The Morgan fingerprint density at radius 3 is 2.52 bits per heavy atom. The number of methoxy groups -OCH3 is 1. The molecule has 3 atom stereocenters. The van der Waals surface area contributed by atoms with E-state index in [0.717, 1.165) is 12.0 Å². The maximum atomic E-state index is 12.7. The van der Waals surface area contributed by atoms with Gasteiger partial charge in [-0.25, -0.2) is 9.78 Å². The molecule has 2 aromatic rings. The van der Waals surface area contributed by atoms with Crippen LogP contribution in [0.5, 0.6) is 11.5 Å². The van der Waals surface area contributed by atoms with E-state index in [-0.39, 0.29) is 17.5 Å². The van der Waals surface area contributed by atoms with Crippen LogP contribution in [0.4, 0.5) is 0 Å². The number of nitrogens with one attached hydrogen (secondary N) is 1. The van der Waals surface area contributed by atoms with Crippen LogP contribution >= 0.6 is 0 Å². The molecule has 1 aromatic heterocycles. The predicted molar refractivity (Wildman–Crippen MR) is 115 cm³/mol. The molecular weight excluding hydrogens is 400 g/mol. The molecule has 1 heterocycles. The number of esters is 1. The van der Waals surface area contributed by atoms with E-state index in [0.29, 0.717) is 13.0 Å². The zero-order valence-electron chi connectivity index (χ0n) is 18.3. The molecule has 8 heteroatoms. The third kappa shape index (κ3) is 6.96. The van der Waals surface area contributed by atoms with Gasteiger partial charge in [-0.05, 0) is 25.8 Å². The summed E-state index contributed by atoms with van der Waals surface area (Å²) < 4.78 is 16.5. The van der Waals surface area contributed by atoms with Crippen molar-refractivity contribution in [1.29, 1.82) is 0 Å². The van der Waals surface area contributed by atoms with E-state index in [9.17, 15) is 14.7 Å². The Morgan fingerprint density at radius 1 is 1.16 bits per heavy atom. The summed E-state index contributed by atoms with van der Waals surface area (Å²) in [6, 6.07) is 10.1. The number of ether oxygens (including phenoxy) is 3. The number of hydrogen-bond acceptors (Lipinski definition) is 7. The second-order valence-corrected chi connectivity index (χ2v) is 7.15. The van der Waals surface area contributed by atoms with E-state index in [1.165, 1.54) is 26.3 Å². The molecule has 8 nitrogen and oxygen atoms in total. The van der Waals surface area contributed by atoms with Gasteiger partial charge in [0.2, 0.25) is 0 Å². The van der Waals surface area contributed by atoms with E-state index in [2.05, 4.69) is 10.3 Å². The van der Waals surface area contributed by atoms with Gasteiger partial charge in [-0.15, -0.1) is 0 Å². The minimum atomic E-state index is -0.962. The Morgan fingerprint density at radius 2 is 1.87 bits per heavy atom. The van der Waals surface area contributed by atoms with Gasteiger partial charge in [-0.1, -0.05) is 37.3 Å². The Hall–Kier alpha value is -3.13. The number of rotatable bonds is 11. The van der Waals surface area contributed by atoms with Gasteiger partial charge < -0.3 is 24.6 Å². The number of amides is 1. The van der Waals surface area contributed by atoms with Crippen LogP contribution in [0, 0.1) is 0 Å². The number of aromatic nitrogens is 1. The molecule has 0 spiro atoms. The predicted octanol–water partition coefficient (Wildman–Crippen LogP) is 2.88. The summed E-state index contributed by atoms with van der Waals surface area (Å²) in [4.78, 5) is 29.0. The number of hydrogen-bond donors (Lipinski definition) is 2. The molecule has 0 unspecified atom stereocenters. The first-order chi connectivity index (χ1) is 14.9. The number of benzene rings is 1. The molecule has 0 saturated heterocycles. The van der Waals surface area contributed by atoms with Crippen molar-refractivity contribution in [1.82, 2.24) is 10.3 Å². The summed E-state index contributed by atoms with van der Waals surface area (Å²) >= 11 is 0. The van der Waals surface area contributed by atoms with Crippen LogP contribution in [-0.2, 0) is 20.7 Å². The smallest absolute Gasteiger partial charge is 0.328 e. The van der Waals surface area contributed by atoms with E-state index in [1.807, 2.05) is 44.2 Å². The number of nitrogens with zero attached hydrogens (tertiary/aromatic N) is 1. The Balaban J connectivity index is 2.06. The lowest BCUT2D eigenvalue weighted by Crippen LogP contribution is -2.43. The highest BCUT2D eigenvalue weighted by Gasteiger charge is 2.27. The Bertz CT molecular complexity index is 858. The van der Waals surface area contributed by atoms with Crippen LogP contribution in [0.2, 0.25) is 0 Å². The van der Waals surface area contributed by atoms with Crippen molar-refractivity contribution in [2.24, 2.45) is 0 Å². The number of aromatic hydroxyl groups is 1. The second-order valence-electron chi connectivity index (χ2n) is 7.15. The molecule has 0 fully saturated rings. The van der Waals surface area contributed by atoms with E-state index in [4.69, 9.17) is 14.2 Å². The molecule has 1 amide bonds. The molecule has 31 heavy (non-hydrogen) atoms. The van der Waals surface area contributed by atoms with Crippen LogP contribution < -0.4 is 10.1 Å². The maximum Gasteiger partial charge on any atom is 0.328 e. The maximum absolute atomic E-state index is 12.7. The summed E-state index contributed by atoms with van der Waals surface area (Å²) in [5.74, 6) is -1.61. The van der Waals surface area contributed by atoms with Crippen molar-refractivity contribution < 1.29 is 28.9 Å². The van der Waals surface area contributed by atoms with Gasteiger partial charge in [0.15, 0.2) is 17.2 Å². The molecule has 2 N–H and O–H groups in total. The molecule has 0 aliphatic rings. The zero-order valence-corrected chi connectivity index (χ0v) is 18.3. The molecule has 1 aromatic carbocycles. The minimum absolute atomic E-state index is 0.111. The average Bonchev–Trinajstić information content (AvgIpc) is 2.77. The van der Waals surface area contributed by atoms with E-state index >= 15 is 0 Å². The lowest BCUT2D eigenvalue weighted by molar-refractivity contribution is -0.158. The van der Waals surface area contributed by atoms with Gasteiger partial charge in [0.05, 0.1) is 13.2 Å². The van der Waals surface area contributed by atoms with Gasteiger partial charge in [0.25, 0.3) is 5.91 Å². The largest absolute Gasteiger partial charge is 0.503 e. The lowest BCUT2D eigenvalue weighted by atomic mass is 10.0. The summed E-state index contributed by atoms with van der Waals surface area (Å²) in [5.41, 5.74) is 0.772.